The van der Waals surface area contributed by atoms with Crippen LogP contribution in [0.3, 0.4) is 0 Å². The quantitative estimate of drug-likeness (QED) is 0.734. The number of amides is 1. The summed E-state index contributed by atoms with van der Waals surface area (Å²) in [4.78, 5) is 20.7. The van der Waals surface area contributed by atoms with Crippen molar-refractivity contribution in [3.8, 4) is 11.3 Å². The predicted octanol–water partition coefficient (Wildman–Crippen LogP) is 2.66. The third kappa shape index (κ3) is 5.05. The minimum absolute atomic E-state index is 0.0966. The highest BCUT2D eigenvalue weighted by Crippen LogP contribution is 2.28. The molecule has 5 nitrogen and oxygen atoms in total. The number of anilines is 2. The second-order valence-corrected chi connectivity index (χ2v) is 7.88. The predicted molar refractivity (Wildman–Crippen MR) is 109 cm³/mol. The number of carbonyl (C=O) groups is 1. The average molecular weight is 374 g/mol. The first kappa shape index (κ1) is 18.9. The first-order valence-electron chi connectivity index (χ1n) is 9.58. The largest absolute Gasteiger partial charge is 0.337 e. The lowest BCUT2D eigenvalue weighted by atomic mass is 10.1. The number of hydrogen-bond acceptors (Lipinski definition) is 4. The van der Waals surface area contributed by atoms with Crippen molar-refractivity contribution >= 4 is 28.1 Å². The number of thiazole rings is 1. The molecule has 0 bridgehead atoms. The van der Waals surface area contributed by atoms with E-state index in [1.165, 1.54) is 13.1 Å². The molecule has 1 amide bonds. The molecular weight excluding hydrogens is 344 g/mol. The van der Waals surface area contributed by atoms with Crippen molar-refractivity contribution in [1.82, 2.24) is 4.98 Å². The number of hydrogen-bond donors (Lipinski definition) is 2. The van der Waals surface area contributed by atoms with Gasteiger partial charge in [0.1, 0.15) is 0 Å². The van der Waals surface area contributed by atoms with Gasteiger partial charge in [0.15, 0.2) is 5.13 Å². The molecular formula is C20H29N4OS+. The van der Waals surface area contributed by atoms with Crippen molar-refractivity contribution in [2.45, 2.75) is 32.6 Å². The fourth-order valence-electron chi connectivity index (χ4n) is 3.11. The van der Waals surface area contributed by atoms with Gasteiger partial charge in [-0.15, -0.1) is 11.3 Å². The standard InChI is InChI=1S/C20H28N4OS/c1-3-4-5-6-19(25)21-17-9-7-16(8-10-17)18-15-26-20(22-18)24-13-11-23(2)12-14-24/h7-10,15H,3-6,11-14H2,1-2H3,(H,21,25)/p+1. The smallest absolute Gasteiger partial charge is 0.224 e. The number of likely N-dealkylation sites (N-methyl/N-ethyl adjacent to an activating group) is 1. The van der Waals surface area contributed by atoms with Crippen molar-refractivity contribution in [2.24, 2.45) is 0 Å². The van der Waals surface area contributed by atoms with E-state index in [0.29, 0.717) is 6.42 Å². The zero-order chi connectivity index (χ0) is 18.4. The minimum Gasteiger partial charge on any atom is -0.337 e. The highest BCUT2D eigenvalue weighted by molar-refractivity contribution is 7.14. The van der Waals surface area contributed by atoms with Gasteiger partial charge >= 0.3 is 0 Å². The van der Waals surface area contributed by atoms with Gasteiger partial charge < -0.3 is 15.1 Å². The molecule has 1 aromatic carbocycles. The first-order valence-corrected chi connectivity index (χ1v) is 10.5. The van der Waals surface area contributed by atoms with E-state index in [1.54, 1.807) is 16.2 Å². The number of carbonyl (C=O) groups excluding carboxylic acids is 1. The third-order valence-corrected chi connectivity index (χ3v) is 5.75. The van der Waals surface area contributed by atoms with E-state index < -0.39 is 0 Å². The molecule has 0 aliphatic carbocycles. The lowest BCUT2D eigenvalue weighted by Gasteiger charge is -2.29. The Kier molecular flexibility index (Phi) is 6.63. The van der Waals surface area contributed by atoms with Crippen LogP contribution in [0.5, 0.6) is 0 Å². The fourth-order valence-corrected chi connectivity index (χ4v) is 3.99. The van der Waals surface area contributed by atoms with Crippen LogP contribution in [0.4, 0.5) is 10.8 Å². The van der Waals surface area contributed by atoms with Crippen LogP contribution in [-0.4, -0.2) is 44.1 Å². The third-order valence-electron chi connectivity index (χ3n) is 4.85. The van der Waals surface area contributed by atoms with Crippen molar-refractivity contribution in [3.05, 3.63) is 29.6 Å². The normalized spacial score (nSPS) is 15.2. The van der Waals surface area contributed by atoms with E-state index in [9.17, 15) is 4.79 Å². The van der Waals surface area contributed by atoms with Crippen LogP contribution in [0.15, 0.2) is 29.6 Å². The molecule has 6 heteroatoms. The second kappa shape index (κ2) is 9.14. The Labute approximate surface area is 160 Å². The van der Waals surface area contributed by atoms with Crippen molar-refractivity contribution in [1.29, 1.82) is 0 Å². The second-order valence-electron chi connectivity index (χ2n) is 7.04. The zero-order valence-electron chi connectivity index (χ0n) is 15.8. The molecule has 1 aromatic heterocycles. The summed E-state index contributed by atoms with van der Waals surface area (Å²) < 4.78 is 0. The maximum absolute atomic E-state index is 11.9. The number of benzene rings is 1. The number of unbranched alkanes of at least 4 members (excludes halogenated alkanes) is 2. The Balaban J connectivity index is 1.58. The molecule has 0 atom stereocenters. The van der Waals surface area contributed by atoms with Crippen molar-refractivity contribution in [2.75, 3.05) is 43.4 Å². The molecule has 0 spiro atoms. The van der Waals surface area contributed by atoms with Crippen LogP contribution in [0, 0.1) is 0 Å². The molecule has 0 radical (unpaired) electrons. The molecule has 0 unspecified atom stereocenters. The van der Waals surface area contributed by atoms with Gasteiger partial charge in [0.25, 0.3) is 0 Å². The molecule has 26 heavy (non-hydrogen) atoms. The van der Waals surface area contributed by atoms with Crippen molar-refractivity contribution in [3.63, 3.8) is 0 Å². The molecule has 140 valence electrons. The van der Waals surface area contributed by atoms with E-state index in [4.69, 9.17) is 4.98 Å². The highest BCUT2D eigenvalue weighted by atomic mass is 32.1. The Morgan fingerprint density at radius 3 is 2.65 bits per heavy atom. The maximum Gasteiger partial charge on any atom is 0.224 e. The number of nitrogens with one attached hydrogen (secondary N) is 2. The average Bonchev–Trinajstić information content (AvgIpc) is 3.13. The SMILES string of the molecule is CCCCCC(=O)Nc1ccc(-c2csc(N3CC[NH+](C)CC3)n2)cc1. The summed E-state index contributed by atoms with van der Waals surface area (Å²) in [6.45, 7) is 6.62. The molecule has 0 saturated carbocycles. The van der Waals surface area contributed by atoms with Gasteiger partial charge in [-0.1, -0.05) is 31.9 Å². The van der Waals surface area contributed by atoms with Gasteiger partial charge in [-0.2, -0.15) is 0 Å². The Morgan fingerprint density at radius 2 is 1.96 bits per heavy atom. The van der Waals surface area contributed by atoms with Crippen LogP contribution in [-0.2, 0) is 4.79 Å². The van der Waals surface area contributed by atoms with Crippen LogP contribution in [0.1, 0.15) is 32.6 Å². The zero-order valence-corrected chi connectivity index (χ0v) is 16.6. The molecule has 1 aliphatic heterocycles. The Bertz CT molecular complexity index is 705. The van der Waals surface area contributed by atoms with Gasteiger partial charge in [-0.05, 0) is 18.6 Å². The van der Waals surface area contributed by atoms with E-state index in [-0.39, 0.29) is 5.91 Å². The topological polar surface area (TPSA) is 49.7 Å². The van der Waals surface area contributed by atoms with E-state index in [2.05, 4.69) is 29.6 Å². The van der Waals surface area contributed by atoms with Gasteiger partial charge in [0, 0.05) is 23.1 Å². The number of quaternary nitrogens is 1. The summed E-state index contributed by atoms with van der Waals surface area (Å²) in [6, 6.07) is 8.00. The monoisotopic (exact) mass is 373 g/mol. The molecule has 2 N–H and O–H groups in total. The molecule has 3 rings (SSSR count). The fraction of sp³-hybridized carbons (Fsp3) is 0.500. The molecule has 1 aliphatic rings. The Morgan fingerprint density at radius 1 is 1.23 bits per heavy atom. The van der Waals surface area contributed by atoms with E-state index in [1.807, 2.05) is 24.3 Å². The lowest BCUT2D eigenvalue weighted by Crippen LogP contribution is -3.12. The summed E-state index contributed by atoms with van der Waals surface area (Å²) in [5.41, 5.74) is 2.96. The Hall–Kier alpha value is -1.92. The van der Waals surface area contributed by atoms with Crippen LogP contribution in [0.2, 0.25) is 0 Å². The number of nitrogens with zero attached hydrogens (tertiary/aromatic N) is 2. The van der Waals surface area contributed by atoms with Crippen molar-refractivity contribution < 1.29 is 9.69 Å². The lowest BCUT2D eigenvalue weighted by molar-refractivity contribution is -0.880. The summed E-state index contributed by atoms with van der Waals surface area (Å²) >= 11 is 1.71. The summed E-state index contributed by atoms with van der Waals surface area (Å²) in [7, 11) is 2.24. The molecule has 2 aromatic rings. The maximum atomic E-state index is 11.9. The summed E-state index contributed by atoms with van der Waals surface area (Å²) in [5.74, 6) is 0.0966. The highest BCUT2D eigenvalue weighted by Gasteiger charge is 2.19. The van der Waals surface area contributed by atoms with E-state index in [0.717, 1.165) is 54.4 Å². The molecule has 1 fully saturated rings. The van der Waals surface area contributed by atoms with Crippen LogP contribution in [0.25, 0.3) is 11.3 Å². The van der Waals surface area contributed by atoms with Crippen LogP contribution < -0.4 is 15.1 Å². The van der Waals surface area contributed by atoms with Crippen LogP contribution >= 0.6 is 11.3 Å². The first-order chi connectivity index (χ1) is 12.7. The van der Waals surface area contributed by atoms with E-state index >= 15 is 0 Å². The minimum atomic E-state index is 0.0966. The van der Waals surface area contributed by atoms with Gasteiger partial charge in [0.2, 0.25) is 5.91 Å². The summed E-state index contributed by atoms with van der Waals surface area (Å²) in [6.07, 6.45) is 3.79. The molecule has 1 saturated heterocycles. The molecule has 2 heterocycles. The van der Waals surface area contributed by atoms with Gasteiger partial charge in [0.05, 0.1) is 38.9 Å². The number of rotatable bonds is 7. The van der Waals surface area contributed by atoms with Gasteiger partial charge in [-0.3, -0.25) is 4.79 Å². The van der Waals surface area contributed by atoms with Gasteiger partial charge in [-0.25, -0.2) is 4.98 Å². The summed E-state index contributed by atoms with van der Waals surface area (Å²) in [5, 5.41) is 6.21. The number of aromatic nitrogens is 1. The number of piperazine rings is 1.